The van der Waals surface area contributed by atoms with Crippen molar-refractivity contribution in [3.05, 3.63) is 52.2 Å². The second kappa shape index (κ2) is 8.85. The molecule has 2 saturated heterocycles. The Bertz CT molecular complexity index is 1450. The van der Waals surface area contributed by atoms with Gasteiger partial charge in [0.2, 0.25) is 0 Å². The Morgan fingerprint density at radius 3 is 2.60 bits per heavy atom. The van der Waals surface area contributed by atoms with Crippen molar-refractivity contribution in [1.29, 1.82) is 0 Å². The van der Waals surface area contributed by atoms with E-state index in [1.807, 2.05) is 12.1 Å². The number of pyridine rings is 2. The molecule has 1 aromatic carbocycles. The summed E-state index contributed by atoms with van der Waals surface area (Å²) in [5.41, 5.74) is 2.41. The Hall–Kier alpha value is -2.52. The topological polar surface area (TPSA) is 53.3 Å². The zero-order valence-electron chi connectivity index (χ0n) is 20.8. The molecule has 0 radical (unpaired) electrons. The van der Waals surface area contributed by atoms with E-state index in [0.717, 1.165) is 73.1 Å². The lowest BCUT2D eigenvalue weighted by Gasteiger charge is -2.41. The van der Waals surface area contributed by atoms with Gasteiger partial charge in [-0.2, -0.15) is 0 Å². The minimum absolute atomic E-state index is 0.0951. The van der Waals surface area contributed by atoms with Gasteiger partial charge < -0.3 is 14.5 Å². The number of hydrogen-bond acceptors (Lipinski definition) is 7. The minimum atomic E-state index is -0.421. The van der Waals surface area contributed by atoms with E-state index in [-0.39, 0.29) is 5.43 Å². The molecule has 35 heavy (non-hydrogen) atoms. The van der Waals surface area contributed by atoms with Crippen molar-refractivity contribution in [2.75, 3.05) is 64.4 Å². The highest BCUT2D eigenvalue weighted by Gasteiger charge is 2.36. The summed E-state index contributed by atoms with van der Waals surface area (Å²) in [6, 6.07) is 12.5. The highest BCUT2D eigenvalue weighted by molar-refractivity contribution is 7.24. The summed E-state index contributed by atoms with van der Waals surface area (Å²) in [4.78, 5) is 27.4. The molecule has 0 bridgehead atoms. The molecule has 6 rings (SSSR count). The van der Waals surface area contributed by atoms with E-state index in [9.17, 15) is 4.79 Å². The molecule has 0 amide bonds. The standard InChI is InChI=1S/C27H33N5O2S/c1-27(2,31-15-17-34-18-16-31)23-24(33)19-9-10-22(30-12-6-11-29(3)13-14-30)28-25(19)32-20-7-4-5-8-21(20)35-26(23)32/h4-5,7-10H,6,11-18H2,1-3H3. The van der Waals surface area contributed by atoms with Gasteiger partial charge in [0.25, 0.3) is 0 Å². The number of thiazole rings is 1. The van der Waals surface area contributed by atoms with Crippen molar-refractivity contribution >= 4 is 43.2 Å². The number of anilines is 1. The first-order chi connectivity index (χ1) is 16.9. The molecule has 5 heterocycles. The lowest BCUT2D eigenvalue weighted by atomic mass is 9.91. The number of morpholine rings is 1. The van der Waals surface area contributed by atoms with Crippen LogP contribution in [-0.4, -0.2) is 78.7 Å². The summed E-state index contributed by atoms with van der Waals surface area (Å²) in [5.74, 6) is 0.955. The average molecular weight is 492 g/mol. The first kappa shape index (κ1) is 22.9. The van der Waals surface area contributed by atoms with E-state index >= 15 is 0 Å². The number of likely N-dealkylation sites (N-methyl/N-ethyl adjacent to an activating group) is 1. The van der Waals surface area contributed by atoms with Crippen LogP contribution >= 0.6 is 11.3 Å². The molecule has 2 aliphatic rings. The lowest BCUT2D eigenvalue weighted by Crippen LogP contribution is -2.50. The zero-order valence-corrected chi connectivity index (χ0v) is 21.6. The van der Waals surface area contributed by atoms with Crippen molar-refractivity contribution < 1.29 is 4.74 Å². The van der Waals surface area contributed by atoms with Crippen LogP contribution in [0.5, 0.6) is 0 Å². The van der Waals surface area contributed by atoms with E-state index in [4.69, 9.17) is 9.72 Å². The molecule has 0 aliphatic carbocycles. The van der Waals surface area contributed by atoms with Crippen LogP contribution in [0.2, 0.25) is 0 Å². The maximum absolute atomic E-state index is 14.2. The Kier molecular flexibility index (Phi) is 5.79. The number of hydrogen-bond donors (Lipinski definition) is 0. The van der Waals surface area contributed by atoms with Gasteiger partial charge in [-0.25, -0.2) is 4.98 Å². The predicted molar refractivity (Wildman–Crippen MR) is 144 cm³/mol. The maximum atomic E-state index is 14.2. The molecule has 8 heteroatoms. The minimum Gasteiger partial charge on any atom is -0.379 e. The molecule has 4 aromatic rings. The van der Waals surface area contributed by atoms with Gasteiger partial charge in [-0.3, -0.25) is 14.1 Å². The van der Waals surface area contributed by atoms with Crippen molar-refractivity contribution in [3.8, 4) is 0 Å². The molecule has 7 nitrogen and oxygen atoms in total. The Labute approximate surface area is 209 Å². The lowest BCUT2D eigenvalue weighted by molar-refractivity contribution is -0.0116. The average Bonchev–Trinajstić information content (AvgIpc) is 3.11. The zero-order chi connectivity index (χ0) is 24.2. The fourth-order valence-corrected chi connectivity index (χ4v) is 6.99. The summed E-state index contributed by atoms with van der Waals surface area (Å²) in [5, 5.41) is 0.693. The van der Waals surface area contributed by atoms with Gasteiger partial charge in [0.15, 0.2) is 11.1 Å². The third-order valence-electron chi connectivity index (χ3n) is 7.73. The number of nitrogens with zero attached hydrogens (tertiary/aromatic N) is 5. The molecule has 0 saturated carbocycles. The highest BCUT2D eigenvalue weighted by atomic mass is 32.1. The SMILES string of the molecule is CN1CCCN(c2ccc3c(=O)c(C(C)(C)N4CCOCC4)c4sc5ccccc5n4c3n2)CC1. The van der Waals surface area contributed by atoms with Crippen molar-refractivity contribution in [3.63, 3.8) is 0 Å². The second-order valence-corrected chi connectivity index (χ2v) is 11.3. The number of ether oxygens (including phenoxy) is 1. The molecule has 2 aliphatic heterocycles. The van der Waals surface area contributed by atoms with Gasteiger partial charge in [-0.05, 0) is 58.1 Å². The van der Waals surface area contributed by atoms with Gasteiger partial charge in [0.05, 0.1) is 34.4 Å². The van der Waals surface area contributed by atoms with Crippen LogP contribution in [0.1, 0.15) is 25.8 Å². The van der Waals surface area contributed by atoms with Crippen LogP contribution in [0.25, 0.3) is 26.1 Å². The van der Waals surface area contributed by atoms with E-state index in [1.54, 1.807) is 11.3 Å². The highest BCUT2D eigenvalue weighted by Crippen LogP contribution is 2.37. The first-order valence-electron chi connectivity index (χ1n) is 12.6. The smallest absolute Gasteiger partial charge is 0.197 e. The van der Waals surface area contributed by atoms with E-state index in [2.05, 4.69) is 64.3 Å². The van der Waals surface area contributed by atoms with E-state index in [1.165, 1.54) is 4.70 Å². The van der Waals surface area contributed by atoms with Crippen LogP contribution in [0.4, 0.5) is 5.82 Å². The van der Waals surface area contributed by atoms with Gasteiger partial charge in [-0.1, -0.05) is 12.1 Å². The van der Waals surface area contributed by atoms with Crippen molar-refractivity contribution in [2.24, 2.45) is 0 Å². The molecular formula is C27H33N5O2S. The number of fused-ring (bicyclic) bond motifs is 5. The maximum Gasteiger partial charge on any atom is 0.197 e. The summed E-state index contributed by atoms with van der Waals surface area (Å²) in [7, 11) is 2.18. The van der Waals surface area contributed by atoms with Gasteiger partial charge >= 0.3 is 0 Å². The summed E-state index contributed by atoms with van der Waals surface area (Å²) >= 11 is 1.70. The monoisotopic (exact) mass is 491 g/mol. The molecule has 2 fully saturated rings. The number of rotatable bonds is 3. The molecule has 0 N–H and O–H groups in total. The van der Waals surface area contributed by atoms with Crippen molar-refractivity contribution in [2.45, 2.75) is 25.8 Å². The quantitative estimate of drug-likeness (QED) is 0.435. The molecule has 0 spiro atoms. The van der Waals surface area contributed by atoms with Crippen LogP contribution in [0, 0.1) is 0 Å². The van der Waals surface area contributed by atoms with Crippen LogP contribution in [0.3, 0.4) is 0 Å². The van der Waals surface area contributed by atoms with Crippen molar-refractivity contribution in [1.82, 2.24) is 19.2 Å². The first-order valence-corrected chi connectivity index (χ1v) is 13.4. The summed E-state index contributed by atoms with van der Waals surface area (Å²) in [6.45, 7) is 11.4. The Balaban J connectivity index is 1.61. The largest absolute Gasteiger partial charge is 0.379 e. The third kappa shape index (κ3) is 3.83. The van der Waals surface area contributed by atoms with Gasteiger partial charge in [0.1, 0.15) is 10.6 Å². The number of para-hydroxylation sites is 1. The molecule has 184 valence electrons. The predicted octanol–water partition coefficient (Wildman–Crippen LogP) is 3.77. The summed E-state index contributed by atoms with van der Waals surface area (Å²) in [6.07, 6.45) is 1.11. The van der Waals surface area contributed by atoms with E-state index in [0.29, 0.717) is 18.6 Å². The fourth-order valence-electron chi connectivity index (χ4n) is 5.65. The van der Waals surface area contributed by atoms with Crippen LogP contribution in [-0.2, 0) is 10.3 Å². The summed E-state index contributed by atoms with van der Waals surface area (Å²) < 4.78 is 9.02. The number of aromatic nitrogens is 2. The number of benzene rings is 1. The molecule has 0 atom stereocenters. The Morgan fingerprint density at radius 1 is 0.971 bits per heavy atom. The van der Waals surface area contributed by atoms with Crippen LogP contribution in [0.15, 0.2) is 41.2 Å². The van der Waals surface area contributed by atoms with Crippen LogP contribution < -0.4 is 10.3 Å². The molecular weight excluding hydrogens is 458 g/mol. The van der Waals surface area contributed by atoms with Gasteiger partial charge in [-0.15, -0.1) is 11.3 Å². The normalized spacial score (nSPS) is 19.1. The van der Waals surface area contributed by atoms with E-state index < -0.39 is 5.54 Å². The van der Waals surface area contributed by atoms with Gasteiger partial charge in [0, 0.05) is 38.3 Å². The Morgan fingerprint density at radius 2 is 1.77 bits per heavy atom. The molecule has 0 unspecified atom stereocenters. The second-order valence-electron chi connectivity index (χ2n) is 10.3. The molecule has 3 aromatic heterocycles. The third-order valence-corrected chi connectivity index (χ3v) is 8.88. The fraction of sp³-hybridized carbons (Fsp3) is 0.481.